The molecule has 1 aromatic heterocycles. The summed E-state index contributed by atoms with van der Waals surface area (Å²) in [5.41, 5.74) is 7.21. The van der Waals surface area contributed by atoms with Gasteiger partial charge in [-0.2, -0.15) is 18.3 Å². The lowest BCUT2D eigenvalue weighted by Gasteiger charge is -2.11. The predicted molar refractivity (Wildman–Crippen MR) is 121 cm³/mol. The van der Waals surface area contributed by atoms with Crippen LogP contribution in [0.2, 0.25) is 0 Å². The Bertz CT molecular complexity index is 1270. The van der Waals surface area contributed by atoms with Crippen molar-refractivity contribution in [3.05, 3.63) is 102 Å². The first-order valence-electron chi connectivity index (χ1n) is 10.0. The van der Waals surface area contributed by atoms with Crippen LogP contribution in [0.15, 0.2) is 84.9 Å². The van der Waals surface area contributed by atoms with Crippen LogP contribution >= 0.6 is 0 Å². The van der Waals surface area contributed by atoms with Crippen LogP contribution in [-0.2, 0) is 12.7 Å². The molecule has 4 N–H and O–H groups in total. The molecule has 4 aromatic rings. The van der Waals surface area contributed by atoms with Gasteiger partial charge in [-0.1, -0.05) is 36.4 Å². The third-order valence-corrected chi connectivity index (χ3v) is 4.81. The summed E-state index contributed by atoms with van der Waals surface area (Å²) in [6, 6.07) is 23.6. The molecule has 1 amide bonds. The zero-order chi connectivity index (χ0) is 23.4. The van der Waals surface area contributed by atoms with E-state index in [0.717, 1.165) is 16.4 Å². The van der Waals surface area contributed by atoms with E-state index in [-0.39, 0.29) is 12.2 Å². The minimum absolute atomic E-state index is 0.198. The Morgan fingerprint density at radius 1 is 0.879 bits per heavy atom. The van der Waals surface area contributed by atoms with Gasteiger partial charge in [-0.05, 0) is 48.0 Å². The number of amides is 1. The molecule has 0 aliphatic heterocycles. The number of nitrogens with zero attached hydrogens (tertiary/aromatic N) is 2. The van der Waals surface area contributed by atoms with E-state index >= 15 is 0 Å². The van der Waals surface area contributed by atoms with Crippen LogP contribution in [0.1, 0.15) is 21.7 Å². The number of nitrogens with one attached hydrogen (secondary N) is 2. The lowest BCUT2D eigenvalue weighted by atomic mass is 10.2. The van der Waals surface area contributed by atoms with Crippen LogP contribution < -0.4 is 16.4 Å². The summed E-state index contributed by atoms with van der Waals surface area (Å²) in [5, 5.41) is 9.50. The molecule has 0 radical (unpaired) electrons. The molecule has 0 saturated heterocycles. The molecule has 0 bridgehead atoms. The van der Waals surface area contributed by atoms with Gasteiger partial charge in [-0.25, -0.2) is 4.68 Å². The van der Waals surface area contributed by atoms with Crippen LogP contribution in [0.4, 0.5) is 30.2 Å². The van der Waals surface area contributed by atoms with Gasteiger partial charge in [0.2, 0.25) is 0 Å². The van der Waals surface area contributed by atoms with Gasteiger partial charge < -0.3 is 16.4 Å². The van der Waals surface area contributed by atoms with E-state index < -0.39 is 17.8 Å². The summed E-state index contributed by atoms with van der Waals surface area (Å²) in [6.07, 6.45) is -4.70. The Morgan fingerprint density at radius 2 is 1.58 bits per heavy atom. The molecule has 0 fully saturated rings. The smallest absolute Gasteiger partial charge is 0.355 e. The fourth-order valence-electron chi connectivity index (χ4n) is 3.25. The van der Waals surface area contributed by atoms with Crippen molar-refractivity contribution in [3.63, 3.8) is 0 Å². The molecule has 0 spiro atoms. The molecule has 9 heteroatoms. The molecule has 6 nitrogen and oxygen atoms in total. The fourth-order valence-corrected chi connectivity index (χ4v) is 3.25. The lowest BCUT2D eigenvalue weighted by Crippen LogP contribution is -2.17. The lowest BCUT2D eigenvalue weighted by molar-refractivity contribution is -0.141. The van der Waals surface area contributed by atoms with Gasteiger partial charge >= 0.3 is 6.18 Å². The van der Waals surface area contributed by atoms with Gasteiger partial charge in [-0.15, -0.1) is 0 Å². The number of aromatic nitrogens is 2. The zero-order valence-electron chi connectivity index (χ0n) is 17.3. The second-order valence-electron chi connectivity index (χ2n) is 7.22. The highest BCUT2D eigenvalue weighted by Crippen LogP contribution is 2.30. The van der Waals surface area contributed by atoms with Crippen LogP contribution in [0, 0.1) is 0 Å². The molecule has 0 aliphatic rings. The summed E-state index contributed by atoms with van der Waals surface area (Å²) in [4.78, 5) is 13.0. The molecular weight excluding hydrogens is 431 g/mol. The van der Waals surface area contributed by atoms with Crippen LogP contribution in [-0.4, -0.2) is 15.7 Å². The van der Waals surface area contributed by atoms with Crippen LogP contribution in [0.3, 0.4) is 0 Å². The molecule has 33 heavy (non-hydrogen) atoms. The minimum Gasteiger partial charge on any atom is -0.355 e. The summed E-state index contributed by atoms with van der Waals surface area (Å²) in [7, 11) is 0. The van der Waals surface area contributed by atoms with Gasteiger partial charge in [0.15, 0.2) is 5.69 Å². The Morgan fingerprint density at radius 3 is 2.30 bits per heavy atom. The monoisotopic (exact) mass is 451 g/mol. The van der Waals surface area contributed by atoms with E-state index in [1.165, 1.54) is 0 Å². The largest absolute Gasteiger partial charge is 0.435 e. The van der Waals surface area contributed by atoms with E-state index in [2.05, 4.69) is 15.7 Å². The molecule has 0 unspecified atom stereocenters. The quantitative estimate of drug-likeness (QED) is 0.369. The second-order valence-corrected chi connectivity index (χ2v) is 7.22. The van der Waals surface area contributed by atoms with E-state index in [0.29, 0.717) is 22.6 Å². The number of nitrogens with two attached hydrogens (primary N) is 1. The highest BCUT2D eigenvalue weighted by molar-refractivity contribution is 6.03. The Hall–Kier alpha value is -4.11. The Kier molecular flexibility index (Phi) is 6.14. The molecule has 0 atom stereocenters. The standard InChI is InChI=1S/C24H20F3N5O/c25-24(26,27)22-14-21(32(31-22)20-11-4-6-16(12-20)15-28)23(33)30-19-10-5-9-18(13-19)29-17-7-2-1-3-8-17/h1-14,29H,15,28H2,(H,30,33). The van der Waals surface area contributed by atoms with Crippen molar-refractivity contribution in [2.24, 2.45) is 5.73 Å². The van der Waals surface area contributed by atoms with Crippen molar-refractivity contribution in [2.75, 3.05) is 10.6 Å². The summed E-state index contributed by atoms with van der Waals surface area (Å²) < 4.78 is 41.0. The van der Waals surface area contributed by atoms with Gasteiger partial charge in [0.1, 0.15) is 5.69 Å². The number of benzene rings is 3. The number of hydrogen-bond acceptors (Lipinski definition) is 4. The summed E-state index contributed by atoms with van der Waals surface area (Å²) >= 11 is 0. The molecule has 1 heterocycles. The number of hydrogen-bond donors (Lipinski definition) is 3. The SMILES string of the molecule is NCc1cccc(-n2nc(C(F)(F)F)cc2C(=O)Nc2cccc(Nc3ccccc3)c2)c1. The second kappa shape index (κ2) is 9.17. The highest BCUT2D eigenvalue weighted by atomic mass is 19.4. The first kappa shape index (κ1) is 22.1. The van der Waals surface area contributed by atoms with Crippen molar-refractivity contribution in [2.45, 2.75) is 12.7 Å². The average Bonchev–Trinajstić information content (AvgIpc) is 3.27. The van der Waals surface area contributed by atoms with Crippen molar-refractivity contribution in [1.29, 1.82) is 0 Å². The Labute approximate surface area is 187 Å². The Balaban J connectivity index is 1.64. The molecule has 0 aliphatic carbocycles. The van der Waals surface area contributed by atoms with Crippen molar-refractivity contribution < 1.29 is 18.0 Å². The topological polar surface area (TPSA) is 85.0 Å². The number of carbonyl (C=O) groups excluding carboxylic acids is 1. The third-order valence-electron chi connectivity index (χ3n) is 4.81. The molecule has 4 rings (SSSR count). The number of para-hydroxylation sites is 1. The fraction of sp³-hybridized carbons (Fsp3) is 0.0833. The maximum absolute atomic E-state index is 13.4. The predicted octanol–water partition coefficient (Wildman–Crippen LogP) is 5.35. The van der Waals surface area contributed by atoms with Crippen molar-refractivity contribution in [1.82, 2.24) is 9.78 Å². The van der Waals surface area contributed by atoms with Gasteiger partial charge in [0, 0.05) is 29.7 Å². The summed E-state index contributed by atoms with van der Waals surface area (Å²) in [6.45, 7) is 0.198. The highest BCUT2D eigenvalue weighted by Gasteiger charge is 2.36. The minimum atomic E-state index is -4.70. The first-order chi connectivity index (χ1) is 15.8. The number of carbonyl (C=O) groups is 1. The maximum Gasteiger partial charge on any atom is 0.435 e. The molecular formula is C24H20F3N5O. The van der Waals surface area contributed by atoms with Crippen molar-refractivity contribution in [3.8, 4) is 5.69 Å². The van der Waals surface area contributed by atoms with Crippen molar-refractivity contribution >= 4 is 23.0 Å². The maximum atomic E-state index is 13.4. The van der Waals surface area contributed by atoms with Crippen LogP contribution in [0.5, 0.6) is 0 Å². The van der Waals surface area contributed by atoms with Gasteiger partial charge in [0.05, 0.1) is 5.69 Å². The normalized spacial score (nSPS) is 11.3. The number of anilines is 3. The van der Waals surface area contributed by atoms with E-state index in [4.69, 9.17) is 5.73 Å². The zero-order valence-corrected chi connectivity index (χ0v) is 17.3. The third kappa shape index (κ3) is 5.21. The number of halogens is 3. The number of rotatable bonds is 6. The average molecular weight is 451 g/mol. The van der Waals surface area contributed by atoms with E-state index in [1.54, 1.807) is 42.5 Å². The first-order valence-corrected chi connectivity index (χ1v) is 10.0. The number of alkyl halides is 3. The molecule has 0 saturated carbocycles. The van der Waals surface area contributed by atoms with Crippen LogP contribution in [0.25, 0.3) is 5.69 Å². The van der Waals surface area contributed by atoms with E-state index in [9.17, 15) is 18.0 Å². The molecule has 3 aromatic carbocycles. The van der Waals surface area contributed by atoms with Gasteiger partial charge in [-0.3, -0.25) is 4.79 Å². The molecule has 168 valence electrons. The van der Waals surface area contributed by atoms with Gasteiger partial charge in [0.25, 0.3) is 5.91 Å². The summed E-state index contributed by atoms with van der Waals surface area (Å²) in [5.74, 6) is -0.729. The van der Waals surface area contributed by atoms with E-state index in [1.807, 2.05) is 36.4 Å².